The third-order valence-corrected chi connectivity index (χ3v) is 3.98. The number of amides is 1. The van der Waals surface area contributed by atoms with E-state index < -0.39 is 5.60 Å². The number of piperidine rings is 1. The zero-order chi connectivity index (χ0) is 15.8. The van der Waals surface area contributed by atoms with Gasteiger partial charge in [0.05, 0.1) is 6.26 Å². The smallest absolute Gasteiger partial charge is 0.410 e. The molecule has 0 aromatic carbocycles. The van der Waals surface area contributed by atoms with Crippen LogP contribution in [0.1, 0.15) is 40.5 Å². The number of rotatable bonds is 0. The van der Waals surface area contributed by atoms with Crippen LogP contribution < -0.4 is 0 Å². The minimum atomic E-state index is -0.521. The average Bonchev–Trinajstić information content (AvgIpc) is 2.36. The van der Waals surface area contributed by atoms with Gasteiger partial charge in [-0.1, -0.05) is 12.5 Å². The molecule has 1 aliphatic carbocycles. The van der Waals surface area contributed by atoms with E-state index >= 15 is 0 Å². The molecule has 1 heterocycles. The highest BCUT2D eigenvalue weighted by atomic mass is 16.6. The molecule has 1 N–H and O–H groups in total. The Bertz CT molecular complexity index is 527. The largest absolute Gasteiger partial charge is 0.515 e. The van der Waals surface area contributed by atoms with Gasteiger partial charge in [-0.15, -0.1) is 0 Å². The highest BCUT2D eigenvalue weighted by molar-refractivity contribution is 6.05. The van der Waals surface area contributed by atoms with E-state index in [1.807, 2.05) is 27.7 Å². The van der Waals surface area contributed by atoms with Gasteiger partial charge >= 0.3 is 6.09 Å². The molecule has 2 rings (SSSR count). The van der Waals surface area contributed by atoms with E-state index in [2.05, 4.69) is 0 Å². The fraction of sp³-hybridized carbons (Fsp3) is 0.625. The van der Waals surface area contributed by atoms with Crippen LogP contribution in [0.4, 0.5) is 4.79 Å². The molecule has 0 unspecified atom stereocenters. The number of carbonyl (C=O) groups is 2. The summed E-state index contributed by atoms with van der Waals surface area (Å²) in [7, 11) is 0. The predicted octanol–water partition coefficient (Wildman–Crippen LogP) is 2.97. The molecule has 2 aliphatic rings. The Balaban J connectivity index is 2.17. The monoisotopic (exact) mass is 293 g/mol. The van der Waals surface area contributed by atoms with Gasteiger partial charge in [-0.05, 0) is 39.7 Å². The molecule has 1 amide bonds. The second-order valence-corrected chi connectivity index (χ2v) is 7.08. The van der Waals surface area contributed by atoms with Crippen LogP contribution in [0.5, 0.6) is 0 Å². The highest BCUT2D eigenvalue weighted by Gasteiger charge is 2.42. The van der Waals surface area contributed by atoms with Crippen molar-refractivity contribution >= 4 is 11.9 Å². The fourth-order valence-electron chi connectivity index (χ4n) is 2.92. The number of likely N-dealkylation sites (tertiary alicyclic amines) is 1. The maximum atomic E-state index is 12.2. The zero-order valence-corrected chi connectivity index (χ0v) is 13.1. The fourth-order valence-corrected chi connectivity index (χ4v) is 2.92. The van der Waals surface area contributed by atoms with E-state index in [0.717, 1.165) is 11.8 Å². The molecule has 0 radical (unpaired) electrons. The van der Waals surface area contributed by atoms with Crippen molar-refractivity contribution in [3.05, 3.63) is 23.5 Å². The number of hydrogen-bond acceptors (Lipinski definition) is 4. The average molecular weight is 293 g/mol. The molecular weight excluding hydrogens is 270 g/mol. The Morgan fingerprint density at radius 2 is 2.14 bits per heavy atom. The topological polar surface area (TPSA) is 66.8 Å². The van der Waals surface area contributed by atoms with E-state index in [0.29, 0.717) is 31.5 Å². The van der Waals surface area contributed by atoms with E-state index in [1.54, 1.807) is 11.0 Å². The Morgan fingerprint density at radius 1 is 1.48 bits per heavy atom. The van der Waals surface area contributed by atoms with Crippen LogP contribution in [-0.4, -0.2) is 40.6 Å². The first-order valence-corrected chi connectivity index (χ1v) is 7.21. The Hall–Kier alpha value is -1.78. The normalized spacial score (nSPS) is 28.2. The minimum absolute atomic E-state index is 0.129. The number of fused-ring (bicyclic) bond motifs is 1. The summed E-state index contributed by atoms with van der Waals surface area (Å²) in [6, 6.07) is 0. The Labute approximate surface area is 125 Å². The Kier molecular flexibility index (Phi) is 3.87. The summed E-state index contributed by atoms with van der Waals surface area (Å²) in [5.41, 5.74) is 0.620. The summed E-state index contributed by atoms with van der Waals surface area (Å²) in [5.74, 6) is -0.129. The molecule has 116 valence electrons. The van der Waals surface area contributed by atoms with E-state index in [4.69, 9.17) is 4.74 Å². The van der Waals surface area contributed by atoms with Crippen LogP contribution in [-0.2, 0) is 9.53 Å². The van der Waals surface area contributed by atoms with Gasteiger partial charge in [-0.2, -0.15) is 0 Å². The minimum Gasteiger partial charge on any atom is -0.515 e. The lowest BCUT2D eigenvalue weighted by atomic mass is 9.69. The van der Waals surface area contributed by atoms with Gasteiger partial charge in [0.25, 0.3) is 0 Å². The lowest BCUT2D eigenvalue weighted by Gasteiger charge is -2.44. The molecule has 5 heteroatoms. The summed E-state index contributed by atoms with van der Waals surface area (Å²) in [4.78, 5) is 25.7. The third-order valence-electron chi connectivity index (χ3n) is 3.98. The van der Waals surface area contributed by atoms with Crippen molar-refractivity contribution in [1.82, 2.24) is 4.90 Å². The van der Waals surface area contributed by atoms with Crippen LogP contribution in [0.2, 0.25) is 0 Å². The number of ketones is 1. The number of hydrogen-bond donors (Lipinski definition) is 1. The van der Waals surface area contributed by atoms with Gasteiger partial charge in [0.1, 0.15) is 5.60 Å². The molecule has 1 atom stereocenters. The van der Waals surface area contributed by atoms with E-state index in [-0.39, 0.29) is 17.3 Å². The summed E-state index contributed by atoms with van der Waals surface area (Å²) in [6.07, 6.45) is 3.29. The zero-order valence-electron chi connectivity index (χ0n) is 13.1. The number of allylic oxidation sites excluding steroid dienone is 2. The molecule has 0 aromatic rings. The first kappa shape index (κ1) is 15.6. The maximum Gasteiger partial charge on any atom is 0.410 e. The van der Waals surface area contributed by atoms with Gasteiger partial charge in [0.2, 0.25) is 0 Å². The van der Waals surface area contributed by atoms with Gasteiger partial charge < -0.3 is 14.7 Å². The van der Waals surface area contributed by atoms with Crippen molar-refractivity contribution < 1.29 is 19.4 Å². The standard InChI is InChI=1S/C16H23NO4/c1-15(2,3)21-14(20)17-6-5-12-7-13(19)11(9-18)8-16(12,4)10-17/h7,9,18H,5-6,8,10H2,1-4H3/b11-9-/t16-/m1/s1. The van der Waals surface area contributed by atoms with Crippen molar-refractivity contribution in [2.45, 2.75) is 46.1 Å². The first-order chi connectivity index (χ1) is 9.64. The molecule has 1 fully saturated rings. The number of aliphatic hydroxyl groups excluding tert-OH is 1. The van der Waals surface area contributed by atoms with Crippen LogP contribution in [0, 0.1) is 5.41 Å². The van der Waals surface area contributed by atoms with Gasteiger partial charge in [-0.25, -0.2) is 4.79 Å². The SMILES string of the molecule is CC(C)(C)OC(=O)N1CCC2=CC(=O)/C(=C\O)C[C@]2(C)C1. The molecule has 21 heavy (non-hydrogen) atoms. The number of nitrogens with zero attached hydrogens (tertiary/aromatic N) is 1. The second kappa shape index (κ2) is 5.20. The van der Waals surface area contributed by atoms with Crippen LogP contribution >= 0.6 is 0 Å². The molecular formula is C16H23NO4. The molecule has 0 bridgehead atoms. The quantitative estimate of drug-likeness (QED) is 0.551. The lowest BCUT2D eigenvalue weighted by molar-refractivity contribution is -0.112. The van der Waals surface area contributed by atoms with E-state index in [1.165, 1.54) is 0 Å². The molecule has 1 aliphatic heterocycles. The highest BCUT2D eigenvalue weighted by Crippen LogP contribution is 2.43. The second-order valence-electron chi connectivity index (χ2n) is 7.08. The number of ether oxygens (including phenoxy) is 1. The molecule has 0 saturated carbocycles. The van der Waals surface area contributed by atoms with Crippen LogP contribution in [0.15, 0.2) is 23.5 Å². The third kappa shape index (κ3) is 3.28. The summed E-state index contributed by atoms with van der Waals surface area (Å²) in [6.45, 7) is 8.60. The maximum absolute atomic E-state index is 12.2. The number of aliphatic hydroxyl groups is 1. The molecule has 5 nitrogen and oxygen atoms in total. The van der Waals surface area contributed by atoms with Gasteiger partial charge in [0.15, 0.2) is 5.78 Å². The summed E-state index contributed by atoms with van der Waals surface area (Å²) in [5, 5.41) is 9.18. The van der Waals surface area contributed by atoms with Gasteiger partial charge in [0, 0.05) is 24.1 Å². The number of carbonyl (C=O) groups excluding carboxylic acids is 2. The van der Waals surface area contributed by atoms with Crippen LogP contribution in [0.3, 0.4) is 0 Å². The molecule has 0 spiro atoms. The molecule has 0 aromatic heterocycles. The lowest BCUT2D eigenvalue weighted by Crippen LogP contribution is -2.49. The van der Waals surface area contributed by atoms with Gasteiger partial charge in [-0.3, -0.25) is 4.79 Å². The van der Waals surface area contributed by atoms with Crippen molar-refractivity contribution in [2.24, 2.45) is 5.41 Å². The van der Waals surface area contributed by atoms with Crippen molar-refractivity contribution in [3.63, 3.8) is 0 Å². The van der Waals surface area contributed by atoms with Crippen molar-refractivity contribution in [3.8, 4) is 0 Å². The summed E-state index contributed by atoms with van der Waals surface area (Å²) >= 11 is 0. The van der Waals surface area contributed by atoms with Crippen LogP contribution in [0.25, 0.3) is 0 Å². The summed E-state index contributed by atoms with van der Waals surface area (Å²) < 4.78 is 5.41. The first-order valence-electron chi connectivity index (χ1n) is 7.21. The predicted molar refractivity (Wildman–Crippen MR) is 78.9 cm³/mol. The molecule has 1 saturated heterocycles. The Morgan fingerprint density at radius 3 is 2.71 bits per heavy atom. The van der Waals surface area contributed by atoms with Crippen molar-refractivity contribution in [2.75, 3.05) is 13.1 Å². The van der Waals surface area contributed by atoms with E-state index in [9.17, 15) is 14.7 Å². The van der Waals surface area contributed by atoms with Crippen molar-refractivity contribution in [1.29, 1.82) is 0 Å².